The second-order valence-corrected chi connectivity index (χ2v) is 18.6. The summed E-state index contributed by atoms with van der Waals surface area (Å²) in [5.41, 5.74) is 9.90. The van der Waals surface area contributed by atoms with Crippen molar-refractivity contribution in [2.45, 2.75) is 0 Å². The van der Waals surface area contributed by atoms with Gasteiger partial charge in [0.05, 0.1) is 11.4 Å². The number of furan rings is 2. The fourth-order valence-electron chi connectivity index (χ4n) is 10.0. The highest BCUT2D eigenvalue weighted by Gasteiger charge is 2.23. The molecule has 0 atom stereocenters. The van der Waals surface area contributed by atoms with Gasteiger partial charge in [0.1, 0.15) is 11.2 Å². The lowest BCUT2D eigenvalue weighted by atomic mass is 9.99. The van der Waals surface area contributed by atoms with Gasteiger partial charge in [-0.25, -0.2) is 0 Å². The summed E-state index contributed by atoms with van der Waals surface area (Å²) >= 11 is 3.72. The van der Waals surface area contributed by atoms with Crippen molar-refractivity contribution in [1.82, 2.24) is 0 Å². The van der Waals surface area contributed by atoms with E-state index in [1.165, 1.54) is 51.1 Å². The molecule has 14 rings (SSSR count). The SMILES string of the molecule is c1ccc(N(c2ccc3c(c2)sc2ccc4c(ccc5sc6cc(N(c7ccccc7)c7cccc8c7oc7ccccc78)ccc6c54)c23)c2cccc3c2oc2ccccc23)cc1. The highest BCUT2D eigenvalue weighted by molar-refractivity contribution is 7.26. The maximum absolute atomic E-state index is 6.59. The molecule has 14 aromatic rings. The van der Waals surface area contributed by atoms with Crippen LogP contribution in [0.1, 0.15) is 0 Å². The molecule has 0 aliphatic heterocycles. The van der Waals surface area contributed by atoms with Gasteiger partial charge in [-0.05, 0) is 95.7 Å². The fourth-order valence-corrected chi connectivity index (χ4v) is 12.3. The number of fused-ring (bicyclic) bond motifs is 15. The molecule has 0 N–H and O–H groups in total. The molecule has 0 bridgehead atoms. The second kappa shape index (κ2) is 13.8. The van der Waals surface area contributed by atoms with Gasteiger partial charge in [0.25, 0.3) is 0 Å². The standard InChI is InChI=1S/C58H34N2O2S2/c1-3-13-35(14-4-1)59(47-21-11-19-43-39-17-7-9-23-49(39)61-57(43)47)37-25-27-45-53(33-37)63-51-31-29-42-41(55(45)51)30-32-52-56(42)46-28-26-38(34-54(46)64-52)60(36-15-5-2-6-16-36)48-22-12-20-44-40-18-8-10-24-50(40)62-58(44)48/h1-34H. The highest BCUT2D eigenvalue weighted by Crippen LogP contribution is 2.49. The molecule has 0 aliphatic rings. The summed E-state index contributed by atoms with van der Waals surface area (Å²) < 4.78 is 18.2. The highest BCUT2D eigenvalue weighted by atomic mass is 32.1. The van der Waals surface area contributed by atoms with Crippen LogP contribution in [0.4, 0.5) is 34.1 Å². The van der Waals surface area contributed by atoms with E-state index >= 15 is 0 Å². The van der Waals surface area contributed by atoms with Crippen LogP contribution in [-0.4, -0.2) is 0 Å². The van der Waals surface area contributed by atoms with Gasteiger partial charge in [0, 0.05) is 84.6 Å². The van der Waals surface area contributed by atoms with Crippen LogP contribution in [0.5, 0.6) is 0 Å². The lowest BCUT2D eigenvalue weighted by Crippen LogP contribution is -2.09. The summed E-state index contributed by atoms with van der Waals surface area (Å²) in [4.78, 5) is 4.66. The summed E-state index contributed by atoms with van der Waals surface area (Å²) in [6.45, 7) is 0. The van der Waals surface area contributed by atoms with Crippen molar-refractivity contribution in [2.24, 2.45) is 0 Å². The van der Waals surface area contributed by atoms with E-state index in [4.69, 9.17) is 8.83 Å². The second-order valence-electron chi connectivity index (χ2n) is 16.4. The van der Waals surface area contributed by atoms with E-state index in [2.05, 4.69) is 204 Å². The summed E-state index contributed by atoms with van der Waals surface area (Å²) in [5, 5.41) is 12.2. The molecule has 0 spiro atoms. The molecular formula is C58H34N2O2S2. The molecule has 4 aromatic heterocycles. The molecule has 0 saturated carbocycles. The van der Waals surface area contributed by atoms with Gasteiger partial charge in [-0.15, -0.1) is 22.7 Å². The topological polar surface area (TPSA) is 32.8 Å². The molecule has 4 heterocycles. The summed E-state index contributed by atoms with van der Waals surface area (Å²) in [6, 6.07) is 74.0. The number of rotatable bonds is 6. The monoisotopic (exact) mass is 854 g/mol. The zero-order chi connectivity index (χ0) is 41.9. The van der Waals surface area contributed by atoms with E-state index in [0.29, 0.717) is 0 Å². The van der Waals surface area contributed by atoms with Gasteiger partial charge in [-0.2, -0.15) is 0 Å². The molecule has 0 fully saturated rings. The van der Waals surface area contributed by atoms with Crippen molar-refractivity contribution in [1.29, 1.82) is 0 Å². The van der Waals surface area contributed by atoms with Crippen molar-refractivity contribution in [3.05, 3.63) is 206 Å². The fraction of sp³-hybridized carbons (Fsp3) is 0. The Balaban J connectivity index is 0.918. The zero-order valence-corrected chi connectivity index (χ0v) is 35.8. The number of hydrogen-bond acceptors (Lipinski definition) is 6. The maximum Gasteiger partial charge on any atom is 0.159 e. The first-order valence-corrected chi connectivity index (χ1v) is 23.1. The number of anilines is 6. The molecule has 0 radical (unpaired) electrons. The first-order valence-electron chi connectivity index (χ1n) is 21.5. The van der Waals surface area contributed by atoms with Gasteiger partial charge in [-0.1, -0.05) is 121 Å². The third-order valence-corrected chi connectivity index (χ3v) is 15.1. The minimum atomic E-state index is 0.880. The van der Waals surface area contributed by atoms with Crippen molar-refractivity contribution in [2.75, 3.05) is 9.80 Å². The van der Waals surface area contributed by atoms with Gasteiger partial charge >= 0.3 is 0 Å². The molecule has 4 nitrogen and oxygen atoms in total. The number of nitrogens with zero attached hydrogens (tertiary/aromatic N) is 2. The van der Waals surface area contributed by atoms with E-state index in [1.807, 2.05) is 34.8 Å². The third-order valence-electron chi connectivity index (χ3n) is 12.8. The van der Waals surface area contributed by atoms with Crippen LogP contribution in [0.15, 0.2) is 215 Å². The minimum absolute atomic E-state index is 0.880. The van der Waals surface area contributed by atoms with Crippen molar-refractivity contribution in [3.63, 3.8) is 0 Å². The van der Waals surface area contributed by atoms with Gasteiger partial charge in [0.2, 0.25) is 0 Å². The lowest BCUT2D eigenvalue weighted by Gasteiger charge is -2.25. The van der Waals surface area contributed by atoms with E-state index in [1.54, 1.807) is 0 Å². The minimum Gasteiger partial charge on any atom is -0.454 e. The predicted molar refractivity (Wildman–Crippen MR) is 274 cm³/mol. The van der Waals surface area contributed by atoms with Crippen LogP contribution in [0.3, 0.4) is 0 Å². The van der Waals surface area contributed by atoms with E-state index in [0.717, 1.165) is 78.0 Å². The van der Waals surface area contributed by atoms with Gasteiger partial charge in [-0.3, -0.25) is 0 Å². The summed E-state index contributed by atoms with van der Waals surface area (Å²) in [5.74, 6) is 0. The Labute approximate surface area is 374 Å². The normalized spacial score (nSPS) is 12.1. The third kappa shape index (κ3) is 5.27. The van der Waals surface area contributed by atoms with Crippen molar-refractivity contribution >= 4 is 152 Å². The van der Waals surface area contributed by atoms with Crippen LogP contribution in [0.25, 0.3) is 95.0 Å². The Morgan fingerprint density at radius 1 is 0.281 bits per heavy atom. The summed E-state index contributed by atoms with van der Waals surface area (Å²) in [7, 11) is 0. The Hall–Kier alpha value is -7.90. The average Bonchev–Trinajstić information content (AvgIpc) is 4.13. The molecule has 0 saturated heterocycles. The first-order chi connectivity index (χ1) is 31.7. The maximum atomic E-state index is 6.59. The van der Waals surface area contributed by atoms with E-state index in [9.17, 15) is 0 Å². The Morgan fingerprint density at radius 2 is 0.688 bits per heavy atom. The number of hydrogen-bond donors (Lipinski definition) is 0. The largest absolute Gasteiger partial charge is 0.454 e. The number of thiophene rings is 2. The average molecular weight is 855 g/mol. The predicted octanol–water partition coefficient (Wildman–Crippen LogP) is 18.3. The van der Waals surface area contributed by atoms with Crippen LogP contribution in [0, 0.1) is 0 Å². The number of para-hydroxylation sites is 6. The lowest BCUT2D eigenvalue weighted by molar-refractivity contribution is 0.668. The Morgan fingerprint density at radius 3 is 1.16 bits per heavy atom. The molecule has 64 heavy (non-hydrogen) atoms. The molecule has 0 aliphatic carbocycles. The molecule has 10 aromatic carbocycles. The zero-order valence-electron chi connectivity index (χ0n) is 34.2. The van der Waals surface area contributed by atoms with Gasteiger partial charge in [0.15, 0.2) is 11.2 Å². The van der Waals surface area contributed by atoms with E-state index in [-0.39, 0.29) is 0 Å². The molecule has 0 amide bonds. The van der Waals surface area contributed by atoms with Crippen LogP contribution >= 0.6 is 22.7 Å². The quantitative estimate of drug-likeness (QED) is 0.167. The molecule has 0 unspecified atom stereocenters. The van der Waals surface area contributed by atoms with Crippen molar-refractivity contribution < 1.29 is 8.83 Å². The van der Waals surface area contributed by atoms with Gasteiger partial charge < -0.3 is 18.6 Å². The first kappa shape index (κ1) is 35.7. The van der Waals surface area contributed by atoms with Crippen LogP contribution in [0.2, 0.25) is 0 Å². The Kier molecular flexibility index (Phi) is 7.69. The Bertz CT molecular complexity index is 3890. The number of benzene rings is 10. The summed E-state index contributed by atoms with van der Waals surface area (Å²) in [6.07, 6.45) is 0. The molecule has 6 heteroatoms. The van der Waals surface area contributed by atoms with E-state index < -0.39 is 0 Å². The molecular weight excluding hydrogens is 821 g/mol. The molecule has 300 valence electrons. The smallest absolute Gasteiger partial charge is 0.159 e. The van der Waals surface area contributed by atoms with Crippen LogP contribution < -0.4 is 9.80 Å². The van der Waals surface area contributed by atoms with Crippen molar-refractivity contribution in [3.8, 4) is 0 Å². The van der Waals surface area contributed by atoms with Crippen LogP contribution in [-0.2, 0) is 0 Å².